The van der Waals surface area contributed by atoms with Crippen LogP contribution >= 0.6 is 0 Å². The summed E-state index contributed by atoms with van der Waals surface area (Å²) in [5, 5.41) is 3.84. The van der Waals surface area contributed by atoms with Gasteiger partial charge >= 0.3 is 0 Å². The standard InChI is InChI=1S/C30H44N3/c1-19(2)23-14-12-15-24(20(3)4)28(23)32-18-27(30(9,10)11)33(31-32)29-25(21(5)6)16-13-17-26(29)22(7)8/h12-22H,1-11H3/q+1/p+1. The number of nitrogens with one attached hydrogen (secondary N) is 1. The van der Waals surface area contributed by atoms with Crippen molar-refractivity contribution in [3.8, 4) is 11.4 Å². The van der Waals surface area contributed by atoms with Gasteiger partial charge in [0.1, 0.15) is 0 Å². The van der Waals surface area contributed by atoms with Crippen LogP contribution in [0.5, 0.6) is 0 Å². The van der Waals surface area contributed by atoms with Crippen molar-refractivity contribution in [3.05, 3.63) is 70.5 Å². The average molecular weight is 448 g/mol. The van der Waals surface area contributed by atoms with Gasteiger partial charge in [0, 0.05) is 27.5 Å². The monoisotopic (exact) mass is 447 g/mol. The van der Waals surface area contributed by atoms with Crippen molar-refractivity contribution < 1.29 is 9.36 Å². The minimum absolute atomic E-state index is 0.0230. The highest BCUT2D eigenvalue weighted by Gasteiger charge is 2.39. The van der Waals surface area contributed by atoms with Gasteiger partial charge in [0.15, 0.2) is 0 Å². The minimum Gasteiger partial charge on any atom is -0.0612 e. The average Bonchev–Trinajstić information content (AvgIpc) is 3.17. The molecule has 0 atom stereocenters. The second-order valence-corrected chi connectivity index (χ2v) is 11.8. The summed E-state index contributed by atoms with van der Waals surface area (Å²) in [6, 6.07) is 13.6. The number of H-pyrrole nitrogens is 1. The molecule has 0 bridgehead atoms. The van der Waals surface area contributed by atoms with Crippen LogP contribution in [-0.4, -0.2) is 5.21 Å². The summed E-state index contributed by atoms with van der Waals surface area (Å²) in [6.45, 7) is 25.2. The van der Waals surface area contributed by atoms with E-state index in [1.807, 2.05) is 0 Å². The third-order valence-corrected chi connectivity index (χ3v) is 6.62. The molecule has 0 amide bonds. The Balaban J connectivity index is 2.44. The summed E-state index contributed by atoms with van der Waals surface area (Å²) >= 11 is 0. The Morgan fingerprint density at radius 3 is 1.30 bits per heavy atom. The molecule has 1 aromatic heterocycles. The maximum atomic E-state index is 3.84. The van der Waals surface area contributed by atoms with Crippen LogP contribution in [-0.2, 0) is 5.41 Å². The zero-order valence-corrected chi connectivity index (χ0v) is 22.7. The fraction of sp³-hybridized carbons (Fsp3) is 0.533. The molecule has 0 radical (unpaired) electrons. The van der Waals surface area contributed by atoms with Gasteiger partial charge in [-0.05, 0) is 53.8 Å². The first-order valence-corrected chi connectivity index (χ1v) is 12.7. The molecule has 3 aromatic rings. The van der Waals surface area contributed by atoms with E-state index in [0.29, 0.717) is 23.7 Å². The van der Waals surface area contributed by atoms with Crippen molar-refractivity contribution in [1.82, 2.24) is 5.21 Å². The quantitative estimate of drug-likeness (QED) is 0.382. The van der Waals surface area contributed by atoms with Crippen LogP contribution in [0.25, 0.3) is 11.4 Å². The second-order valence-electron chi connectivity index (χ2n) is 11.8. The van der Waals surface area contributed by atoms with Gasteiger partial charge in [0.05, 0.1) is 5.41 Å². The van der Waals surface area contributed by atoms with Crippen LogP contribution in [0.3, 0.4) is 0 Å². The van der Waals surface area contributed by atoms with Gasteiger partial charge in [0.2, 0.25) is 11.4 Å². The number of benzene rings is 2. The van der Waals surface area contributed by atoms with Gasteiger partial charge in [-0.1, -0.05) is 91.8 Å². The van der Waals surface area contributed by atoms with E-state index in [1.54, 1.807) is 0 Å². The first-order valence-electron chi connectivity index (χ1n) is 12.7. The van der Waals surface area contributed by atoms with Crippen LogP contribution in [0, 0.1) is 0 Å². The normalized spacial score (nSPS) is 12.6. The van der Waals surface area contributed by atoms with Gasteiger partial charge in [-0.15, -0.1) is 0 Å². The van der Waals surface area contributed by atoms with Gasteiger partial charge in [-0.3, -0.25) is 0 Å². The summed E-state index contributed by atoms with van der Waals surface area (Å²) < 4.78 is 4.65. The Kier molecular flexibility index (Phi) is 7.21. The predicted molar refractivity (Wildman–Crippen MR) is 139 cm³/mol. The molecule has 0 spiro atoms. The van der Waals surface area contributed by atoms with Crippen molar-refractivity contribution in [2.24, 2.45) is 0 Å². The maximum absolute atomic E-state index is 3.84. The van der Waals surface area contributed by atoms with Gasteiger partial charge in [-0.2, -0.15) is 0 Å². The predicted octanol–water partition coefficient (Wildman–Crippen LogP) is 7.36. The molecule has 0 aliphatic carbocycles. The number of para-hydroxylation sites is 2. The fourth-order valence-electron chi connectivity index (χ4n) is 4.74. The van der Waals surface area contributed by atoms with Crippen molar-refractivity contribution in [2.45, 2.75) is 105 Å². The molecule has 3 heteroatoms. The molecular formula is C30H45N3+2. The van der Waals surface area contributed by atoms with E-state index in [2.05, 4.69) is 133 Å². The zero-order valence-electron chi connectivity index (χ0n) is 22.7. The molecular weight excluding hydrogens is 402 g/mol. The lowest BCUT2D eigenvalue weighted by molar-refractivity contribution is -0.809. The van der Waals surface area contributed by atoms with E-state index >= 15 is 0 Å². The molecule has 33 heavy (non-hydrogen) atoms. The van der Waals surface area contributed by atoms with Crippen LogP contribution < -0.4 is 9.36 Å². The lowest BCUT2D eigenvalue weighted by Gasteiger charge is -2.16. The van der Waals surface area contributed by atoms with E-state index in [9.17, 15) is 0 Å². The largest absolute Gasteiger partial charge is 0.289 e. The molecule has 3 nitrogen and oxygen atoms in total. The number of nitrogens with zero attached hydrogens (tertiary/aromatic N) is 2. The topological polar surface area (TPSA) is 23.5 Å². The summed E-state index contributed by atoms with van der Waals surface area (Å²) in [6.07, 6.45) is 2.33. The van der Waals surface area contributed by atoms with Gasteiger partial charge < -0.3 is 0 Å². The lowest BCUT2D eigenvalue weighted by atomic mass is 9.89. The maximum Gasteiger partial charge on any atom is 0.289 e. The minimum atomic E-state index is -0.0230. The number of aromatic amines is 1. The SMILES string of the molecule is CC(C)c1cccc(C(C)C)c1-[n+]1cc(C(C)(C)C)[n+](-c2c(C(C)C)cccc2C(C)C)[nH]1. The second kappa shape index (κ2) is 9.44. The molecule has 3 rings (SSSR count). The number of hydrogen-bond acceptors (Lipinski definition) is 0. The summed E-state index contributed by atoms with van der Waals surface area (Å²) in [4.78, 5) is 0. The van der Waals surface area contributed by atoms with Crippen LogP contribution in [0.2, 0.25) is 0 Å². The molecule has 0 aliphatic heterocycles. The first-order chi connectivity index (χ1) is 15.3. The molecule has 1 N–H and O–H groups in total. The van der Waals surface area contributed by atoms with E-state index in [-0.39, 0.29) is 5.41 Å². The Bertz CT molecular complexity index is 1060. The van der Waals surface area contributed by atoms with E-state index in [4.69, 9.17) is 0 Å². The Labute approximate surface area is 201 Å². The Hall–Kier alpha value is -2.42. The number of aromatic nitrogens is 3. The highest BCUT2D eigenvalue weighted by molar-refractivity contribution is 5.46. The molecule has 0 aliphatic rings. The Morgan fingerprint density at radius 1 is 0.606 bits per heavy atom. The van der Waals surface area contributed by atoms with Gasteiger partial charge in [-0.25, -0.2) is 0 Å². The fourth-order valence-corrected chi connectivity index (χ4v) is 4.74. The molecule has 0 fully saturated rings. The lowest BCUT2D eigenvalue weighted by Crippen LogP contribution is -2.48. The van der Waals surface area contributed by atoms with Crippen molar-refractivity contribution in [3.63, 3.8) is 0 Å². The summed E-state index contributed by atoms with van der Waals surface area (Å²) in [7, 11) is 0. The molecule has 0 unspecified atom stereocenters. The first kappa shape index (κ1) is 25.2. The Morgan fingerprint density at radius 2 is 0.970 bits per heavy atom. The van der Waals surface area contributed by atoms with E-state index in [0.717, 1.165) is 0 Å². The highest BCUT2D eigenvalue weighted by Crippen LogP contribution is 2.31. The smallest absolute Gasteiger partial charge is 0.0612 e. The summed E-state index contributed by atoms with van der Waals surface area (Å²) in [5.74, 6) is 1.75. The molecule has 0 saturated heterocycles. The van der Waals surface area contributed by atoms with Crippen LogP contribution in [0.4, 0.5) is 0 Å². The molecule has 0 saturated carbocycles. The summed E-state index contributed by atoms with van der Waals surface area (Å²) in [5.41, 5.74) is 9.37. The number of rotatable bonds is 6. The van der Waals surface area contributed by atoms with Gasteiger partial charge in [0.25, 0.3) is 11.9 Å². The molecule has 2 aromatic carbocycles. The van der Waals surface area contributed by atoms with E-state index < -0.39 is 0 Å². The van der Waals surface area contributed by atoms with Crippen molar-refractivity contribution in [2.75, 3.05) is 0 Å². The molecule has 1 heterocycles. The molecule has 178 valence electrons. The third-order valence-electron chi connectivity index (χ3n) is 6.62. The van der Waals surface area contributed by atoms with Crippen LogP contribution in [0.1, 0.15) is 128 Å². The third kappa shape index (κ3) is 4.93. The van der Waals surface area contributed by atoms with Crippen LogP contribution in [0.15, 0.2) is 42.6 Å². The highest BCUT2D eigenvalue weighted by atomic mass is 15.5. The van der Waals surface area contributed by atoms with Crippen molar-refractivity contribution >= 4 is 0 Å². The van der Waals surface area contributed by atoms with E-state index in [1.165, 1.54) is 39.3 Å². The van der Waals surface area contributed by atoms with Crippen molar-refractivity contribution in [1.29, 1.82) is 0 Å². The zero-order chi connectivity index (χ0) is 24.7. The number of hydrogen-bond donors (Lipinski definition) is 1.